The van der Waals surface area contributed by atoms with Crippen LogP contribution in [-0.4, -0.2) is 30.3 Å². The molecule has 1 aliphatic heterocycles. The van der Waals surface area contributed by atoms with Gasteiger partial charge >= 0.3 is 0 Å². The molecule has 58 valence electrons. The molecule has 2 atom stereocenters. The van der Waals surface area contributed by atoms with E-state index < -0.39 is 0 Å². The third-order valence-electron chi connectivity index (χ3n) is 1.72. The molecule has 0 bridgehead atoms. The van der Waals surface area contributed by atoms with Gasteiger partial charge < -0.3 is 4.74 Å². The van der Waals surface area contributed by atoms with Gasteiger partial charge in [-0.1, -0.05) is 0 Å². The van der Waals surface area contributed by atoms with Crippen LogP contribution in [0.25, 0.3) is 0 Å². The van der Waals surface area contributed by atoms with E-state index in [-0.39, 0.29) is 12.1 Å². The summed E-state index contributed by atoms with van der Waals surface area (Å²) in [6, 6.07) is 0.252. The van der Waals surface area contributed by atoms with Gasteiger partial charge in [0.25, 0.3) is 0 Å². The number of rotatable bonds is 1. The van der Waals surface area contributed by atoms with Gasteiger partial charge in [0.05, 0.1) is 30.6 Å². The zero-order valence-corrected chi connectivity index (χ0v) is 6.28. The second kappa shape index (κ2) is 2.96. The number of hydrogen-bond donors (Lipinski definition) is 0. The van der Waals surface area contributed by atoms with Gasteiger partial charge in [-0.15, -0.1) is 4.91 Å². The van der Waals surface area contributed by atoms with Crippen molar-refractivity contribution >= 4 is 0 Å². The van der Waals surface area contributed by atoms with Gasteiger partial charge in [0.1, 0.15) is 0 Å². The van der Waals surface area contributed by atoms with Gasteiger partial charge in [0.15, 0.2) is 0 Å². The molecule has 0 N–H and O–H groups in total. The Morgan fingerprint density at radius 3 is 2.20 bits per heavy atom. The minimum atomic E-state index is 0.126. The van der Waals surface area contributed by atoms with E-state index in [1.807, 2.05) is 13.8 Å². The maximum absolute atomic E-state index is 10.2. The second-order valence-corrected chi connectivity index (χ2v) is 2.70. The first-order valence-electron chi connectivity index (χ1n) is 3.45. The molecule has 0 amide bonds. The third kappa shape index (κ3) is 1.26. The molecule has 1 saturated heterocycles. The van der Waals surface area contributed by atoms with Gasteiger partial charge in [-0.05, 0) is 13.8 Å². The molecule has 0 spiro atoms. The lowest BCUT2D eigenvalue weighted by Gasteiger charge is -2.33. The second-order valence-electron chi connectivity index (χ2n) is 2.70. The Bertz CT molecular complexity index is 119. The molecule has 4 nitrogen and oxygen atoms in total. The summed E-state index contributed by atoms with van der Waals surface area (Å²) in [5.41, 5.74) is 0. The van der Waals surface area contributed by atoms with E-state index in [4.69, 9.17) is 4.74 Å². The van der Waals surface area contributed by atoms with Crippen LogP contribution in [0.2, 0.25) is 0 Å². The summed E-state index contributed by atoms with van der Waals surface area (Å²) in [7, 11) is 0. The fourth-order valence-electron chi connectivity index (χ4n) is 1.16. The number of ether oxygens (including phenoxy) is 1. The Labute approximate surface area is 60.1 Å². The Morgan fingerprint density at radius 1 is 1.40 bits per heavy atom. The van der Waals surface area contributed by atoms with Crippen molar-refractivity contribution < 1.29 is 4.74 Å². The summed E-state index contributed by atoms with van der Waals surface area (Å²) >= 11 is 0. The molecule has 10 heavy (non-hydrogen) atoms. The largest absolute Gasteiger partial charge is 0.377 e. The van der Waals surface area contributed by atoms with E-state index in [2.05, 4.69) is 5.29 Å². The van der Waals surface area contributed by atoms with E-state index in [0.717, 1.165) is 0 Å². The third-order valence-corrected chi connectivity index (χ3v) is 1.72. The quantitative estimate of drug-likeness (QED) is 0.510. The SMILES string of the molecule is C[C@H]1COC[C@H](C)N1N=O. The highest BCUT2D eigenvalue weighted by molar-refractivity contribution is 4.73. The normalized spacial score (nSPS) is 34.0. The first-order chi connectivity index (χ1) is 4.75. The van der Waals surface area contributed by atoms with Crippen LogP contribution in [0.4, 0.5) is 0 Å². The molecule has 0 radical (unpaired) electrons. The molecule has 0 saturated carbocycles. The van der Waals surface area contributed by atoms with Crippen LogP contribution < -0.4 is 0 Å². The molecular formula is C6H12N2O2. The summed E-state index contributed by atoms with van der Waals surface area (Å²) in [6.07, 6.45) is 0. The van der Waals surface area contributed by atoms with E-state index >= 15 is 0 Å². The molecular weight excluding hydrogens is 132 g/mol. The summed E-state index contributed by atoms with van der Waals surface area (Å²) in [4.78, 5) is 10.2. The highest BCUT2D eigenvalue weighted by Gasteiger charge is 2.24. The molecule has 0 aromatic carbocycles. The average Bonchev–Trinajstić information content (AvgIpc) is 1.88. The van der Waals surface area contributed by atoms with Crippen LogP contribution in [0.5, 0.6) is 0 Å². The van der Waals surface area contributed by atoms with Crippen LogP contribution in [0, 0.1) is 4.91 Å². The monoisotopic (exact) mass is 144 g/mol. The van der Waals surface area contributed by atoms with Crippen LogP contribution in [0.15, 0.2) is 5.29 Å². The zero-order chi connectivity index (χ0) is 7.56. The van der Waals surface area contributed by atoms with E-state index in [1.54, 1.807) is 5.01 Å². The first kappa shape index (κ1) is 7.47. The van der Waals surface area contributed by atoms with Crippen molar-refractivity contribution in [1.29, 1.82) is 0 Å². The number of morpholine rings is 1. The van der Waals surface area contributed by atoms with Crippen molar-refractivity contribution in [2.24, 2.45) is 5.29 Å². The van der Waals surface area contributed by atoms with Crippen molar-refractivity contribution in [2.75, 3.05) is 13.2 Å². The maximum Gasteiger partial charge on any atom is 0.0712 e. The molecule has 1 aliphatic rings. The van der Waals surface area contributed by atoms with E-state index in [0.29, 0.717) is 13.2 Å². The molecule has 0 aromatic rings. The zero-order valence-electron chi connectivity index (χ0n) is 6.28. The highest BCUT2D eigenvalue weighted by atomic mass is 16.5. The fraction of sp³-hybridized carbons (Fsp3) is 1.00. The molecule has 1 rings (SSSR count). The standard InChI is InChI=1S/C6H12N2O2/c1-5-3-10-4-6(2)8(5)7-9/h5-6H,3-4H2,1-2H3/t5-,6-/m0/s1. The Kier molecular flexibility index (Phi) is 2.21. The summed E-state index contributed by atoms with van der Waals surface area (Å²) in [6.45, 7) is 5.07. The van der Waals surface area contributed by atoms with Crippen LogP contribution in [-0.2, 0) is 4.74 Å². The first-order valence-corrected chi connectivity index (χ1v) is 3.45. The molecule has 1 heterocycles. The molecule has 0 aliphatic carbocycles. The molecule has 0 aromatic heterocycles. The predicted octanol–water partition coefficient (Wildman–Crippen LogP) is 0.777. The summed E-state index contributed by atoms with van der Waals surface area (Å²) in [5, 5.41) is 4.46. The van der Waals surface area contributed by atoms with Crippen molar-refractivity contribution in [1.82, 2.24) is 5.01 Å². The topological polar surface area (TPSA) is 41.9 Å². The molecule has 4 heteroatoms. The van der Waals surface area contributed by atoms with Gasteiger partial charge in [-0.25, -0.2) is 0 Å². The van der Waals surface area contributed by atoms with E-state index in [1.165, 1.54) is 0 Å². The van der Waals surface area contributed by atoms with Crippen molar-refractivity contribution in [2.45, 2.75) is 25.9 Å². The lowest BCUT2D eigenvalue weighted by molar-refractivity contribution is -0.0365. The minimum Gasteiger partial charge on any atom is -0.377 e. The highest BCUT2D eigenvalue weighted by Crippen LogP contribution is 2.12. The number of nitroso groups, excluding NO2 is 1. The molecule has 0 unspecified atom stereocenters. The van der Waals surface area contributed by atoms with Gasteiger partial charge in [-0.3, -0.25) is 5.01 Å². The fourth-order valence-corrected chi connectivity index (χ4v) is 1.16. The lowest BCUT2D eigenvalue weighted by atomic mass is 10.2. The predicted molar refractivity (Wildman–Crippen MR) is 37.4 cm³/mol. The van der Waals surface area contributed by atoms with Crippen molar-refractivity contribution in [3.8, 4) is 0 Å². The lowest BCUT2D eigenvalue weighted by Crippen LogP contribution is -2.45. The number of nitrogens with zero attached hydrogens (tertiary/aromatic N) is 2. The van der Waals surface area contributed by atoms with Crippen LogP contribution >= 0.6 is 0 Å². The number of hydrogen-bond acceptors (Lipinski definition) is 3. The maximum atomic E-state index is 10.2. The van der Waals surface area contributed by atoms with Gasteiger partial charge in [-0.2, -0.15) is 0 Å². The minimum absolute atomic E-state index is 0.126. The van der Waals surface area contributed by atoms with Crippen molar-refractivity contribution in [3.63, 3.8) is 0 Å². The molecule has 1 fully saturated rings. The van der Waals surface area contributed by atoms with Crippen LogP contribution in [0.3, 0.4) is 0 Å². The average molecular weight is 144 g/mol. The smallest absolute Gasteiger partial charge is 0.0712 e. The Hall–Kier alpha value is -0.640. The van der Waals surface area contributed by atoms with E-state index in [9.17, 15) is 4.91 Å². The van der Waals surface area contributed by atoms with Crippen LogP contribution in [0.1, 0.15) is 13.8 Å². The Balaban J connectivity index is 2.53. The van der Waals surface area contributed by atoms with Gasteiger partial charge in [0, 0.05) is 0 Å². The van der Waals surface area contributed by atoms with Gasteiger partial charge in [0.2, 0.25) is 0 Å². The summed E-state index contributed by atoms with van der Waals surface area (Å²) < 4.78 is 5.19. The van der Waals surface area contributed by atoms with Crippen molar-refractivity contribution in [3.05, 3.63) is 4.91 Å². The Morgan fingerprint density at radius 2 is 1.90 bits per heavy atom. The summed E-state index contributed by atoms with van der Waals surface area (Å²) in [5.74, 6) is 0.